The Balaban J connectivity index is 2.17. The Hall–Kier alpha value is -1.30. The van der Waals surface area contributed by atoms with Crippen LogP contribution in [-0.2, 0) is 14.3 Å². The second-order valence-electron chi connectivity index (χ2n) is 6.66. The molecular formula is C14H23NO5. The third kappa shape index (κ3) is 3.06. The van der Waals surface area contributed by atoms with Gasteiger partial charge in [-0.1, -0.05) is 12.8 Å². The molecular weight excluding hydrogens is 262 g/mol. The molecule has 1 saturated heterocycles. The molecule has 0 aromatic carbocycles. The molecule has 1 spiro atoms. The Morgan fingerprint density at radius 1 is 1.30 bits per heavy atom. The van der Waals surface area contributed by atoms with E-state index in [4.69, 9.17) is 14.6 Å². The molecule has 2 fully saturated rings. The number of aliphatic carboxylic acids is 1. The van der Waals surface area contributed by atoms with Crippen LogP contribution in [0.1, 0.15) is 46.5 Å². The summed E-state index contributed by atoms with van der Waals surface area (Å²) in [4.78, 5) is 25.1. The van der Waals surface area contributed by atoms with Gasteiger partial charge in [-0.2, -0.15) is 0 Å². The first kappa shape index (κ1) is 15.1. The number of amides is 1. The number of hydrogen-bond acceptors (Lipinski definition) is 4. The van der Waals surface area contributed by atoms with Crippen molar-refractivity contribution in [3.05, 3.63) is 0 Å². The molecule has 0 aromatic heterocycles. The van der Waals surface area contributed by atoms with Gasteiger partial charge < -0.3 is 14.6 Å². The summed E-state index contributed by atoms with van der Waals surface area (Å²) >= 11 is 0. The normalized spacial score (nSPS) is 25.8. The SMILES string of the molecule is CC(C)(C)OC(=O)N1CC(C(=O)O)OCC12CCCC2. The Kier molecular flexibility index (Phi) is 3.95. The topological polar surface area (TPSA) is 76.1 Å². The second-order valence-corrected chi connectivity index (χ2v) is 6.66. The fourth-order valence-electron chi connectivity index (χ4n) is 2.93. The average Bonchev–Trinajstić information content (AvgIpc) is 2.76. The number of rotatable bonds is 1. The minimum atomic E-state index is -1.04. The van der Waals surface area contributed by atoms with Crippen LogP contribution in [-0.4, -0.2) is 52.5 Å². The molecule has 6 heteroatoms. The number of carbonyl (C=O) groups excluding carboxylic acids is 1. The van der Waals surface area contributed by atoms with Crippen LogP contribution in [0, 0.1) is 0 Å². The molecule has 0 aromatic rings. The maximum atomic E-state index is 12.4. The molecule has 2 aliphatic rings. The summed E-state index contributed by atoms with van der Waals surface area (Å²) in [6, 6.07) is 0. The van der Waals surface area contributed by atoms with E-state index in [-0.39, 0.29) is 18.7 Å². The number of carboxylic acid groups (broad SMARTS) is 1. The van der Waals surface area contributed by atoms with E-state index in [9.17, 15) is 9.59 Å². The number of ether oxygens (including phenoxy) is 2. The van der Waals surface area contributed by atoms with Crippen molar-refractivity contribution >= 4 is 12.1 Å². The van der Waals surface area contributed by atoms with E-state index in [0.29, 0.717) is 0 Å². The zero-order chi connectivity index (χ0) is 15.0. The first-order valence-corrected chi connectivity index (χ1v) is 7.09. The highest BCUT2D eigenvalue weighted by molar-refractivity contribution is 5.75. The maximum absolute atomic E-state index is 12.4. The molecule has 1 amide bonds. The van der Waals surface area contributed by atoms with Crippen molar-refractivity contribution in [3.8, 4) is 0 Å². The monoisotopic (exact) mass is 285 g/mol. The Morgan fingerprint density at radius 2 is 1.90 bits per heavy atom. The molecule has 0 radical (unpaired) electrons. The molecule has 1 N–H and O–H groups in total. The van der Waals surface area contributed by atoms with Gasteiger partial charge in [0.1, 0.15) is 5.60 Å². The summed E-state index contributed by atoms with van der Waals surface area (Å²) in [7, 11) is 0. The first-order chi connectivity index (χ1) is 9.23. The van der Waals surface area contributed by atoms with Gasteiger partial charge in [-0.05, 0) is 33.6 Å². The number of morpholine rings is 1. The maximum Gasteiger partial charge on any atom is 0.410 e. The Bertz CT molecular complexity index is 395. The fourth-order valence-corrected chi connectivity index (χ4v) is 2.93. The zero-order valence-corrected chi connectivity index (χ0v) is 12.3. The number of nitrogens with zero attached hydrogens (tertiary/aromatic N) is 1. The third-order valence-corrected chi connectivity index (χ3v) is 3.90. The van der Waals surface area contributed by atoms with E-state index in [0.717, 1.165) is 25.7 Å². The zero-order valence-electron chi connectivity index (χ0n) is 12.3. The lowest BCUT2D eigenvalue weighted by Gasteiger charge is -2.46. The largest absolute Gasteiger partial charge is 0.479 e. The van der Waals surface area contributed by atoms with Crippen molar-refractivity contribution in [2.45, 2.75) is 63.7 Å². The molecule has 0 bridgehead atoms. The van der Waals surface area contributed by atoms with Gasteiger partial charge in [0.05, 0.1) is 18.7 Å². The van der Waals surface area contributed by atoms with Crippen molar-refractivity contribution in [1.82, 2.24) is 4.90 Å². The summed E-state index contributed by atoms with van der Waals surface area (Å²) in [5.74, 6) is -1.04. The fraction of sp³-hybridized carbons (Fsp3) is 0.857. The van der Waals surface area contributed by atoms with Crippen molar-refractivity contribution in [3.63, 3.8) is 0 Å². The smallest absolute Gasteiger partial charge is 0.410 e. The molecule has 20 heavy (non-hydrogen) atoms. The van der Waals surface area contributed by atoms with E-state index in [1.165, 1.54) is 0 Å². The highest BCUT2D eigenvalue weighted by Crippen LogP contribution is 2.39. The molecule has 1 aliphatic heterocycles. The Morgan fingerprint density at radius 3 is 2.40 bits per heavy atom. The van der Waals surface area contributed by atoms with Gasteiger partial charge >= 0.3 is 12.1 Å². The van der Waals surface area contributed by atoms with Gasteiger partial charge in [-0.25, -0.2) is 9.59 Å². The van der Waals surface area contributed by atoms with E-state index in [2.05, 4.69) is 0 Å². The highest BCUT2D eigenvalue weighted by atomic mass is 16.6. The van der Waals surface area contributed by atoms with Crippen LogP contribution in [0.4, 0.5) is 4.79 Å². The van der Waals surface area contributed by atoms with Crippen molar-refractivity contribution in [1.29, 1.82) is 0 Å². The highest BCUT2D eigenvalue weighted by Gasteiger charge is 2.49. The van der Waals surface area contributed by atoms with Crippen LogP contribution in [0.25, 0.3) is 0 Å². The van der Waals surface area contributed by atoms with E-state index in [1.54, 1.807) is 25.7 Å². The van der Waals surface area contributed by atoms with Crippen molar-refractivity contribution in [2.24, 2.45) is 0 Å². The van der Waals surface area contributed by atoms with E-state index >= 15 is 0 Å². The standard InChI is InChI=1S/C14H23NO5/c1-13(2,3)20-12(18)15-8-10(11(16)17)19-9-14(15)6-4-5-7-14/h10H,4-9H2,1-3H3,(H,16,17). The van der Waals surface area contributed by atoms with Crippen LogP contribution < -0.4 is 0 Å². The summed E-state index contributed by atoms with van der Waals surface area (Å²) in [6.07, 6.45) is 2.35. The lowest BCUT2D eigenvalue weighted by Crippen LogP contribution is -2.62. The van der Waals surface area contributed by atoms with Crippen LogP contribution >= 0.6 is 0 Å². The molecule has 114 valence electrons. The third-order valence-electron chi connectivity index (χ3n) is 3.90. The molecule has 1 aliphatic carbocycles. The summed E-state index contributed by atoms with van der Waals surface area (Å²) < 4.78 is 10.9. The summed E-state index contributed by atoms with van der Waals surface area (Å²) in [6.45, 7) is 5.76. The van der Waals surface area contributed by atoms with Gasteiger partial charge in [-0.3, -0.25) is 4.90 Å². The summed E-state index contributed by atoms with van der Waals surface area (Å²) in [5.41, 5.74) is -0.970. The molecule has 6 nitrogen and oxygen atoms in total. The van der Waals surface area contributed by atoms with Gasteiger partial charge in [0.15, 0.2) is 6.10 Å². The van der Waals surface area contributed by atoms with Crippen LogP contribution in [0.15, 0.2) is 0 Å². The average molecular weight is 285 g/mol. The van der Waals surface area contributed by atoms with Gasteiger partial charge in [0.25, 0.3) is 0 Å². The van der Waals surface area contributed by atoms with Gasteiger partial charge in [0, 0.05) is 0 Å². The van der Waals surface area contributed by atoms with Crippen molar-refractivity contribution in [2.75, 3.05) is 13.2 Å². The van der Waals surface area contributed by atoms with Crippen LogP contribution in [0.5, 0.6) is 0 Å². The first-order valence-electron chi connectivity index (χ1n) is 7.09. The van der Waals surface area contributed by atoms with Crippen LogP contribution in [0.3, 0.4) is 0 Å². The summed E-state index contributed by atoms with van der Waals surface area (Å²) in [5, 5.41) is 9.10. The lowest BCUT2D eigenvalue weighted by molar-refractivity contribution is -0.165. The predicted molar refractivity (Wildman–Crippen MR) is 71.5 cm³/mol. The quantitative estimate of drug-likeness (QED) is 0.797. The van der Waals surface area contributed by atoms with Crippen molar-refractivity contribution < 1.29 is 24.2 Å². The van der Waals surface area contributed by atoms with Gasteiger partial charge in [-0.15, -0.1) is 0 Å². The van der Waals surface area contributed by atoms with E-state index in [1.807, 2.05) is 0 Å². The number of carboxylic acids is 1. The minimum Gasteiger partial charge on any atom is -0.479 e. The molecule has 1 atom stereocenters. The van der Waals surface area contributed by atoms with E-state index < -0.39 is 23.8 Å². The Labute approximate surface area is 119 Å². The molecule has 1 unspecified atom stereocenters. The second kappa shape index (κ2) is 5.24. The minimum absolute atomic E-state index is 0.0598. The molecule has 2 rings (SSSR count). The van der Waals surface area contributed by atoms with Crippen LogP contribution in [0.2, 0.25) is 0 Å². The molecule has 1 heterocycles. The predicted octanol–water partition coefficient (Wildman–Crippen LogP) is 2.02. The lowest BCUT2D eigenvalue weighted by atomic mass is 9.94. The number of carbonyl (C=O) groups is 2. The van der Waals surface area contributed by atoms with Gasteiger partial charge in [0.2, 0.25) is 0 Å². The molecule has 1 saturated carbocycles. The number of hydrogen-bond donors (Lipinski definition) is 1.